The van der Waals surface area contributed by atoms with Crippen molar-refractivity contribution in [2.45, 2.75) is 13.0 Å². The molecule has 4 nitrogen and oxygen atoms in total. The molecule has 3 aromatic rings. The molecule has 146 valence electrons. The fourth-order valence-electron chi connectivity index (χ4n) is 4.03. The number of para-hydroxylation sites is 1. The monoisotopic (exact) mass is 377 g/mol. The predicted octanol–water partition coefficient (Wildman–Crippen LogP) is 2.29. The van der Waals surface area contributed by atoms with Gasteiger partial charge >= 0.3 is 0 Å². The zero-order valence-corrected chi connectivity index (χ0v) is 16.5. The van der Waals surface area contributed by atoms with E-state index in [2.05, 4.69) is 54.3 Å². The van der Waals surface area contributed by atoms with Crippen molar-refractivity contribution in [2.75, 3.05) is 44.2 Å². The molecule has 1 fully saturated rings. The summed E-state index contributed by atoms with van der Waals surface area (Å²) >= 11 is 0. The highest BCUT2D eigenvalue weighted by atomic mass is 16.5. The van der Waals surface area contributed by atoms with Crippen LogP contribution in [-0.4, -0.2) is 50.5 Å². The third-order valence-electron chi connectivity index (χ3n) is 5.61. The Kier molecular flexibility index (Phi) is 5.79. The lowest BCUT2D eigenvalue weighted by atomic mass is 10.1. The van der Waals surface area contributed by atoms with Crippen LogP contribution in [0.4, 0.5) is 5.69 Å². The summed E-state index contributed by atoms with van der Waals surface area (Å²) in [7, 11) is 0. The molecule has 1 atom stereocenters. The van der Waals surface area contributed by atoms with Crippen LogP contribution in [-0.2, 0) is 0 Å². The molecule has 0 unspecified atom stereocenters. The molecule has 1 aliphatic rings. The number of fused-ring (bicyclic) bond motifs is 1. The van der Waals surface area contributed by atoms with Crippen molar-refractivity contribution in [1.82, 2.24) is 0 Å². The highest BCUT2D eigenvalue weighted by Crippen LogP contribution is 2.21. The first-order valence-corrected chi connectivity index (χ1v) is 10.1. The van der Waals surface area contributed by atoms with E-state index in [0.717, 1.165) is 43.9 Å². The molecule has 1 saturated heterocycles. The van der Waals surface area contributed by atoms with Gasteiger partial charge in [-0.05, 0) is 41.5 Å². The standard InChI is InChI=1S/C24H28N2O2/c1-19-6-2-5-9-24(19)26-14-12-25(13-15-26)17-22(27)18-28-23-11-10-20-7-3-4-8-21(20)16-23/h2-11,16,22,27H,12-15,17-18H2,1H3/p+1/t22-/m1/s1. The number of nitrogens with zero attached hydrogens (tertiary/aromatic N) is 1. The lowest BCUT2D eigenvalue weighted by molar-refractivity contribution is -0.903. The minimum absolute atomic E-state index is 0.337. The Morgan fingerprint density at radius 1 is 0.964 bits per heavy atom. The Bertz CT molecular complexity index is 919. The molecule has 28 heavy (non-hydrogen) atoms. The maximum atomic E-state index is 10.4. The van der Waals surface area contributed by atoms with Gasteiger partial charge in [-0.15, -0.1) is 0 Å². The summed E-state index contributed by atoms with van der Waals surface area (Å²) in [6.07, 6.45) is -0.452. The number of quaternary nitrogens is 1. The average molecular weight is 378 g/mol. The van der Waals surface area contributed by atoms with Gasteiger partial charge in [-0.2, -0.15) is 0 Å². The van der Waals surface area contributed by atoms with Crippen LogP contribution in [0, 0.1) is 6.92 Å². The van der Waals surface area contributed by atoms with Gasteiger partial charge in [0.15, 0.2) is 0 Å². The minimum atomic E-state index is -0.452. The highest BCUT2D eigenvalue weighted by molar-refractivity contribution is 5.83. The maximum Gasteiger partial charge on any atom is 0.137 e. The quantitative estimate of drug-likeness (QED) is 0.692. The van der Waals surface area contributed by atoms with E-state index in [1.807, 2.05) is 24.3 Å². The Hall–Kier alpha value is -2.56. The van der Waals surface area contributed by atoms with Crippen LogP contribution in [0.2, 0.25) is 0 Å². The van der Waals surface area contributed by atoms with Gasteiger partial charge in [0.05, 0.1) is 26.2 Å². The molecule has 0 radical (unpaired) electrons. The smallest absolute Gasteiger partial charge is 0.137 e. The van der Waals surface area contributed by atoms with Gasteiger partial charge in [0.2, 0.25) is 0 Å². The molecular weight excluding hydrogens is 348 g/mol. The number of nitrogens with one attached hydrogen (secondary N) is 1. The number of hydrogen-bond donors (Lipinski definition) is 2. The van der Waals surface area contributed by atoms with Crippen molar-refractivity contribution in [1.29, 1.82) is 0 Å². The highest BCUT2D eigenvalue weighted by Gasteiger charge is 2.23. The van der Waals surface area contributed by atoms with E-state index in [1.54, 1.807) is 0 Å². The molecule has 3 aromatic carbocycles. The summed E-state index contributed by atoms with van der Waals surface area (Å²) in [5.74, 6) is 0.817. The van der Waals surface area contributed by atoms with E-state index < -0.39 is 6.10 Å². The Balaban J connectivity index is 1.25. The largest absolute Gasteiger partial charge is 0.491 e. The molecule has 1 aliphatic heterocycles. The summed E-state index contributed by atoms with van der Waals surface area (Å²) in [6, 6.07) is 22.9. The maximum absolute atomic E-state index is 10.4. The molecule has 2 N–H and O–H groups in total. The zero-order chi connectivity index (χ0) is 19.3. The molecule has 0 aromatic heterocycles. The van der Waals surface area contributed by atoms with E-state index >= 15 is 0 Å². The first-order valence-electron chi connectivity index (χ1n) is 10.1. The molecule has 0 spiro atoms. The predicted molar refractivity (Wildman–Crippen MR) is 114 cm³/mol. The minimum Gasteiger partial charge on any atom is -0.491 e. The van der Waals surface area contributed by atoms with Gasteiger partial charge in [0, 0.05) is 5.69 Å². The first kappa shape index (κ1) is 18.8. The molecule has 4 rings (SSSR count). The number of ether oxygens (including phenoxy) is 1. The summed E-state index contributed by atoms with van der Waals surface area (Å²) in [5, 5.41) is 12.8. The SMILES string of the molecule is Cc1ccccc1N1CC[NH+](C[C@@H](O)COc2ccc3ccccc3c2)CC1. The van der Waals surface area contributed by atoms with E-state index in [4.69, 9.17) is 4.74 Å². The fraction of sp³-hybridized carbons (Fsp3) is 0.333. The second kappa shape index (κ2) is 8.63. The third-order valence-corrected chi connectivity index (χ3v) is 5.61. The number of aliphatic hydroxyl groups excluding tert-OH is 1. The van der Waals surface area contributed by atoms with Crippen molar-refractivity contribution in [3.63, 3.8) is 0 Å². The topological polar surface area (TPSA) is 37.1 Å². The molecule has 4 heteroatoms. The number of hydrogen-bond acceptors (Lipinski definition) is 3. The van der Waals surface area contributed by atoms with Crippen LogP contribution in [0.1, 0.15) is 5.56 Å². The number of rotatable bonds is 6. The summed E-state index contributed by atoms with van der Waals surface area (Å²) in [6.45, 7) is 7.38. The van der Waals surface area contributed by atoms with Crippen LogP contribution in [0.3, 0.4) is 0 Å². The zero-order valence-electron chi connectivity index (χ0n) is 16.5. The summed E-state index contributed by atoms with van der Waals surface area (Å²) in [4.78, 5) is 3.90. The van der Waals surface area contributed by atoms with Crippen LogP contribution in [0.25, 0.3) is 10.8 Å². The van der Waals surface area contributed by atoms with Crippen LogP contribution < -0.4 is 14.5 Å². The Morgan fingerprint density at radius 2 is 1.68 bits per heavy atom. The van der Waals surface area contributed by atoms with Crippen molar-refractivity contribution < 1.29 is 14.7 Å². The Labute approximate surface area is 167 Å². The molecular formula is C24H29N2O2+. The van der Waals surface area contributed by atoms with Crippen molar-refractivity contribution >= 4 is 16.5 Å². The molecule has 0 saturated carbocycles. The Morgan fingerprint density at radius 3 is 2.46 bits per heavy atom. The summed E-state index contributed by atoms with van der Waals surface area (Å²) < 4.78 is 5.85. The van der Waals surface area contributed by atoms with E-state index in [1.165, 1.54) is 21.5 Å². The molecule has 0 amide bonds. The van der Waals surface area contributed by atoms with Gasteiger partial charge in [0.1, 0.15) is 25.0 Å². The first-order chi connectivity index (χ1) is 13.7. The number of benzene rings is 3. The van der Waals surface area contributed by atoms with Gasteiger partial charge in [-0.3, -0.25) is 0 Å². The summed E-state index contributed by atoms with van der Waals surface area (Å²) in [5.41, 5.74) is 2.66. The third kappa shape index (κ3) is 4.46. The van der Waals surface area contributed by atoms with Crippen LogP contribution in [0.15, 0.2) is 66.7 Å². The van der Waals surface area contributed by atoms with Crippen LogP contribution in [0.5, 0.6) is 5.75 Å². The fourth-order valence-corrected chi connectivity index (χ4v) is 4.03. The number of aryl methyl sites for hydroxylation is 1. The number of piperazine rings is 1. The lowest BCUT2D eigenvalue weighted by Crippen LogP contribution is -3.16. The van der Waals surface area contributed by atoms with Crippen molar-refractivity contribution in [2.24, 2.45) is 0 Å². The lowest BCUT2D eigenvalue weighted by Gasteiger charge is -2.35. The molecule has 0 bridgehead atoms. The van der Waals surface area contributed by atoms with Crippen molar-refractivity contribution in [3.8, 4) is 5.75 Å². The number of aliphatic hydroxyl groups is 1. The van der Waals surface area contributed by atoms with Crippen LogP contribution >= 0.6 is 0 Å². The van der Waals surface area contributed by atoms with Gasteiger partial charge in [0.25, 0.3) is 0 Å². The molecule has 0 aliphatic carbocycles. The van der Waals surface area contributed by atoms with E-state index in [0.29, 0.717) is 6.61 Å². The normalized spacial score (nSPS) is 16.3. The average Bonchev–Trinajstić information content (AvgIpc) is 2.73. The van der Waals surface area contributed by atoms with Gasteiger partial charge in [-0.25, -0.2) is 0 Å². The van der Waals surface area contributed by atoms with Gasteiger partial charge in [-0.1, -0.05) is 48.5 Å². The van der Waals surface area contributed by atoms with E-state index in [-0.39, 0.29) is 0 Å². The van der Waals surface area contributed by atoms with E-state index in [9.17, 15) is 5.11 Å². The molecule has 1 heterocycles. The van der Waals surface area contributed by atoms with Gasteiger partial charge < -0.3 is 19.6 Å². The second-order valence-corrected chi connectivity index (χ2v) is 7.70. The van der Waals surface area contributed by atoms with Crippen molar-refractivity contribution in [3.05, 3.63) is 72.3 Å². The second-order valence-electron chi connectivity index (χ2n) is 7.70. The number of anilines is 1.